The Kier molecular flexibility index (Phi) is 5.76. The van der Waals surface area contributed by atoms with Gasteiger partial charge in [0.1, 0.15) is 0 Å². The molecule has 0 fully saturated rings. The van der Waals surface area contributed by atoms with Gasteiger partial charge in [-0.25, -0.2) is 0 Å². The Bertz CT molecular complexity index is 208. The van der Waals surface area contributed by atoms with Crippen LogP contribution >= 0.6 is 0 Å². The Hall–Kier alpha value is -1.19. The molecule has 0 unspecified atom stereocenters. The molecule has 0 N–H and O–H groups in total. The van der Waals surface area contributed by atoms with Crippen LogP contribution in [0.2, 0.25) is 0 Å². The van der Waals surface area contributed by atoms with E-state index in [9.17, 15) is 14.4 Å². The first kappa shape index (κ1) is 11.8. The van der Waals surface area contributed by atoms with E-state index in [2.05, 4.69) is 4.74 Å². The molecular weight excluding hydrogens is 172 g/mol. The lowest BCUT2D eigenvalue weighted by Crippen LogP contribution is -2.20. The molecule has 0 bridgehead atoms. The number of carbonyl (C=O) groups is 3. The molecule has 0 aliphatic heterocycles. The second kappa shape index (κ2) is 6.34. The third-order valence-corrected chi connectivity index (χ3v) is 1.47. The van der Waals surface area contributed by atoms with Gasteiger partial charge in [0.05, 0.1) is 0 Å². The SMILES string of the molecule is CCCCC(=O)C(=O)COC(C)=O. The van der Waals surface area contributed by atoms with Crippen LogP contribution in [0.4, 0.5) is 0 Å². The molecule has 0 amide bonds. The van der Waals surface area contributed by atoms with Crippen LogP contribution in [0.15, 0.2) is 0 Å². The van der Waals surface area contributed by atoms with Gasteiger partial charge in [0.2, 0.25) is 11.6 Å². The summed E-state index contributed by atoms with van der Waals surface area (Å²) in [6.07, 6.45) is 1.81. The lowest BCUT2D eigenvalue weighted by molar-refractivity contribution is -0.148. The fraction of sp³-hybridized carbons (Fsp3) is 0.667. The summed E-state index contributed by atoms with van der Waals surface area (Å²) in [5.74, 6) is -1.62. The number of hydrogen-bond donors (Lipinski definition) is 0. The molecule has 0 radical (unpaired) electrons. The van der Waals surface area contributed by atoms with E-state index in [-0.39, 0.29) is 6.42 Å². The number of ether oxygens (including phenoxy) is 1. The number of esters is 1. The number of hydrogen-bond acceptors (Lipinski definition) is 4. The van der Waals surface area contributed by atoms with Gasteiger partial charge in [-0.1, -0.05) is 13.3 Å². The van der Waals surface area contributed by atoms with Crippen LogP contribution in [0.25, 0.3) is 0 Å². The largest absolute Gasteiger partial charge is 0.457 e. The summed E-state index contributed by atoms with van der Waals surface area (Å²) in [4.78, 5) is 32.2. The van der Waals surface area contributed by atoms with E-state index in [0.717, 1.165) is 6.42 Å². The number of carbonyl (C=O) groups excluding carboxylic acids is 3. The van der Waals surface area contributed by atoms with E-state index < -0.39 is 24.1 Å². The summed E-state index contributed by atoms with van der Waals surface area (Å²) < 4.78 is 4.40. The predicted octanol–water partition coefficient (Wildman–Crippen LogP) is 0.878. The van der Waals surface area contributed by atoms with Crippen LogP contribution < -0.4 is 0 Å². The molecule has 0 aliphatic carbocycles. The first-order valence-electron chi connectivity index (χ1n) is 4.27. The van der Waals surface area contributed by atoms with E-state index >= 15 is 0 Å². The highest BCUT2D eigenvalue weighted by Crippen LogP contribution is 1.96. The number of rotatable bonds is 6. The highest BCUT2D eigenvalue weighted by Gasteiger charge is 2.13. The maximum absolute atomic E-state index is 11.0. The van der Waals surface area contributed by atoms with Gasteiger partial charge in [-0.2, -0.15) is 0 Å². The quantitative estimate of drug-likeness (QED) is 0.456. The van der Waals surface area contributed by atoms with Crippen LogP contribution in [0.5, 0.6) is 0 Å². The summed E-state index contributed by atoms with van der Waals surface area (Å²) >= 11 is 0. The topological polar surface area (TPSA) is 60.4 Å². The molecule has 0 atom stereocenters. The molecule has 0 aromatic heterocycles. The summed E-state index contributed by atoms with van der Waals surface area (Å²) in [5.41, 5.74) is 0. The van der Waals surface area contributed by atoms with Gasteiger partial charge in [0.25, 0.3) is 0 Å². The fourth-order valence-electron chi connectivity index (χ4n) is 0.724. The molecule has 0 aromatic rings. The highest BCUT2D eigenvalue weighted by molar-refractivity contribution is 6.37. The first-order chi connectivity index (χ1) is 6.07. The molecule has 0 heterocycles. The molecule has 0 rings (SSSR count). The third kappa shape index (κ3) is 6.02. The van der Waals surface area contributed by atoms with E-state index in [1.807, 2.05) is 6.92 Å². The Morgan fingerprint density at radius 3 is 2.23 bits per heavy atom. The number of ketones is 2. The average molecular weight is 186 g/mol. The van der Waals surface area contributed by atoms with Crippen molar-refractivity contribution < 1.29 is 19.1 Å². The van der Waals surface area contributed by atoms with Gasteiger partial charge in [-0.05, 0) is 6.42 Å². The maximum atomic E-state index is 11.0. The lowest BCUT2D eigenvalue weighted by Gasteiger charge is -1.99. The van der Waals surface area contributed by atoms with Crippen molar-refractivity contribution in [2.75, 3.05) is 6.61 Å². The minimum Gasteiger partial charge on any atom is -0.457 e. The van der Waals surface area contributed by atoms with E-state index in [4.69, 9.17) is 0 Å². The summed E-state index contributed by atoms with van der Waals surface area (Å²) in [6, 6.07) is 0. The van der Waals surface area contributed by atoms with Crippen LogP contribution in [-0.4, -0.2) is 24.1 Å². The molecule has 4 nitrogen and oxygen atoms in total. The molecule has 0 spiro atoms. The standard InChI is InChI=1S/C9H14O4/c1-3-4-5-8(11)9(12)6-13-7(2)10/h3-6H2,1-2H3. The van der Waals surface area contributed by atoms with E-state index in [1.54, 1.807) is 0 Å². The van der Waals surface area contributed by atoms with Gasteiger partial charge in [-0.15, -0.1) is 0 Å². The normalized spacial score (nSPS) is 9.38. The fourth-order valence-corrected chi connectivity index (χ4v) is 0.724. The van der Waals surface area contributed by atoms with Gasteiger partial charge >= 0.3 is 5.97 Å². The second-order valence-electron chi connectivity index (χ2n) is 2.73. The molecule has 13 heavy (non-hydrogen) atoms. The van der Waals surface area contributed by atoms with Crippen molar-refractivity contribution in [1.29, 1.82) is 0 Å². The van der Waals surface area contributed by atoms with Crippen molar-refractivity contribution in [3.05, 3.63) is 0 Å². The van der Waals surface area contributed by atoms with Crippen LogP contribution in [0, 0.1) is 0 Å². The van der Waals surface area contributed by atoms with Crippen molar-refractivity contribution in [2.24, 2.45) is 0 Å². The first-order valence-corrected chi connectivity index (χ1v) is 4.27. The summed E-state index contributed by atoms with van der Waals surface area (Å²) in [7, 11) is 0. The van der Waals surface area contributed by atoms with Crippen molar-refractivity contribution in [2.45, 2.75) is 33.1 Å². The minimum atomic E-state index is -0.622. The van der Waals surface area contributed by atoms with Gasteiger partial charge in [0.15, 0.2) is 6.61 Å². The van der Waals surface area contributed by atoms with Gasteiger partial charge < -0.3 is 4.74 Å². The maximum Gasteiger partial charge on any atom is 0.303 e. The van der Waals surface area contributed by atoms with Crippen LogP contribution in [0.1, 0.15) is 33.1 Å². The Morgan fingerprint density at radius 2 is 1.77 bits per heavy atom. The zero-order valence-electron chi connectivity index (χ0n) is 7.96. The lowest BCUT2D eigenvalue weighted by atomic mass is 10.1. The van der Waals surface area contributed by atoms with Crippen LogP contribution in [-0.2, 0) is 19.1 Å². The van der Waals surface area contributed by atoms with E-state index in [1.165, 1.54) is 6.92 Å². The Balaban J connectivity index is 3.70. The molecule has 0 saturated carbocycles. The number of unbranched alkanes of at least 4 members (excludes halogenated alkanes) is 1. The zero-order chi connectivity index (χ0) is 10.3. The number of Topliss-reactive ketones (excluding diaryl/α,β-unsaturated/α-hetero) is 2. The Morgan fingerprint density at radius 1 is 1.15 bits per heavy atom. The molecule has 0 aliphatic rings. The van der Waals surface area contributed by atoms with Crippen molar-refractivity contribution >= 4 is 17.5 Å². The van der Waals surface area contributed by atoms with Gasteiger partial charge in [0, 0.05) is 13.3 Å². The van der Waals surface area contributed by atoms with Gasteiger partial charge in [-0.3, -0.25) is 14.4 Å². The van der Waals surface area contributed by atoms with E-state index in [0.29, 0.717) is 6.42 Å². The smallest absolute Gasteiger partial charge is 0.303 e. The molecule has 0 aromatic carbocycles. The average Bonchev–Trinajstić information content (AvgIpc) is 2.10. The van der Waals surface area contributed by atoms with Crippen molar-refractivity contribution in [3.63, 3.8) is 0 Å². The zero-order valence-corrected chi connectivity index (χ0v) is 7.96. The molecule has 0 saturated heterocycles. The minimum absolute atomic E-state index is 0.247. The highest BCUT2D eigenvalue weighted by atomic mass is 16.5. The molecule has 4 heteroatoms. The summed E-state index contributed by atoms with van der Waals surface area (Å²) in [6.45, 7) is 2.71. The summed E-state index contributed by atoms with van der Waals surface area (Å²) in [5, 5.41) is 0. The molecule has 74 valence electrons. The van der Waals surface area contributed by atoms with Crippen molar-refractivity contribution in [3.8, 4) is 0 Å². The second-order valence-corrected chi connectivity index (χ2v) is 2.73. The third-order valence-electron chi connectivity index (χ3n) is 1.47. The van der Waals surface area contributed by atoms with Crippen molar-refractivity contribution in [1.82, 2.24) is 0 Å². The molecular formula is C9H14O4. The van der Waals surface area contributed by atoms with Crippen LogP contribution in [0.3, 0.4) is 0 Å². The Labute approximate surface area is 77.3 Å². The predicted molar refractivity (Wildman–Crippen MR) is 46.2 cm³/mol. The monoisotopic (exact) mass is 186 g/mol.